The minimum atomic E-state index is -0.270. The van der Waals surface area contributed by atoms with Gasteiger partial charge in [-0.3, -0.25) is 9.59 Å². The maximum atomic E-state index is 12.3. The molecule has 3 unspecified atom stereocenters. The van der Waals surface area contributed by atoms with Crippen LogP contribution in [0.3, 0.4) is 0 Å². The molecular formula is C24H32O4S. The van der Waals surface area contributed by atoms with E-state index in [9.17, 15) is 9.59 Å². The zero-order chi connectivity index (χ0) is 20.2. The Labute approximate surface area is 177 Å². The fraction of sp³-hybridized carbons (Fsp3) is 0.833. The van der Waals surface area contributed by atoms with Crippen LogP contribution in [0.15, 0.2) is 11.6 Å². The third kappa shape index (κ3) is 2.07. The standard InChI is InChI=1S/C24H32O4S/c1-4-29-17-12-14-11-15(25)5-8-21(14,2)24-18(27-24)13-22(3)16(20(17)24)6-9-23(22)10-7-19(26)28-23/h11,16-18,20H,4-10,12-13H2,1-3H3/t16?,17-,18-,20?,21?,22+,23-,24-/m1/s1. The second-order valence-electron chi connectivity index (χ2n) is 10.8. The van der Waals surface area contributed by atoms with E-state index in [1.807, 2.05) is 6.08 Å². The van der Waals surface area contributed by atoms with Crippen molar-refractivity contribution in [2.24, 2.45) is 22.7 Å². The molecule has 4 nitrogen and oxygen atoms in total. The summed E-state index contributed by atoms with van der Waals surface area (Å²) in [5.74, 6) is 2.40. The van der Waals surface area contributed by atoms with Crippen LogP contribution in [0.25, 0.3) is 0 Å². The number of fused-ring (bicyclic) bond motifs is 4. The predicted molar refractivity (Wildman–Crippen MR) is 112 cm³/mol. The first-order valence-electron chi connectivity index (χ1n) is 11.5. The summed E-state index contributed by atoms with van der Waals surface area (Å²) in [6.07, 6.45) is 9.42. The summed E-state index contributed by atoms with van der Waals surface area (Å²) >= 11 is 2.06. The highest BCUT2D eigenvalue weighted by Crippen LogP contribution is 2.78. The van der Waals surface area contributed by atoms with E-state index >= 15 is 0 Å². The number of hydrogen-bond donors (Lipinski definition) is 0. The van der Waals surface area contributed by atoms with E-state index < -0.39 is 0 Å². The van der Waals surface area contributed by atoms with E-state index in [2.05, 4.69) is 32.5 Å². The third-order valence-corrected chi connectivity index (χ3v) is 11.3. The van der Waals surface area contributed by atoms with Crippen molar-refractivity contribution in [3.05, 3.63) is 11.6 Å². The van der Waals surface area contributed by atoms with Gasteiger partial charge in [0, 0.05) is 34.8 Å². The topological polar surface area (TPSA) is 55.9 Å². The zero-order valence-corrected chi connectivity index (χ0v) is 18.6. The van der Waals surface area contributed by atoms with Crippen LogP contribution in [0.2, 0.25) is 0 Å². The Balaban J connectivity index is 1.46. The van der Waals surface area contributed by atoms with Crippen molar-refractivity contribution in [2.75, 3.05) is 5.75 Å². The molecule has 2 aliphatic heterocycles. The van der Waals surface area contributed by atoms with Crippen molar-refractivity contribution in [2.45, 2.75) is 94.7 Å². The van der Waals surface area contributed by atoms with Gasteiger partial charge in [0.2, 0.25) is 0 Å². The van der Waals surface area contributed by atoms with Crippen molar-refractivity contribution in [3.63, 3.8) is 0 Å². The number of hydrogen-bond acceptors (Lipinski definition) is 5. The van der Waals surface area contributed by atoms with E-state index in [1.165, 1.54) is 5.57 Å². The quantitative estimate of drug-likeness (QED) is 0.491. The maximum absolute atomic E-state index is 12.3. The number of thioether (sulfide) groups is 1. The first kappa shape index (κ1) is 18.9. The molecule has 29 heavy (non-hydrogen) atoms. The molecule has 2 spiro atoms. The second-order valence-corrected chi connectivity index (χ2v) is 12.3. The number of epoxide rings is 1. The van der Waals surface area contributed by atoms with E-state index in [1.54, 1.807) is 0 Å². The van der Waals surface area contributed by atoms with Crippen molar-refractivity contribution in [1.29, 1.82) is 0 Å². The summed E-state index contributed by atoms with van der Waals surface area (Å²) in [7, 11) is 0. The average Bonchev–Trinajstić information content (AvgIpc) is 3.16. The molecule has 2 saturated heterocycles. The van der Waals surface area contributed by atoms with E-state index in [4.69, 9.17) is 9.47 Å². The first-order valence-corrected chi connectivity index (χ1v) is 12.6. The van der Waals surface area contributed by atoms with E-state index in [-0.39, 0.29) is 34.1 Å². The van der Waals surface area contributed by atoms with Crippen LogP contribution < -0.4 is 0 Å². The molecule has 4 aliphatic carbocycles. The van der Waals surface area contributed by atoms with Crippen molar-refractivity contribution >= 4 is 23.5 Å². The largest absolute Gasteiger partial charge is 0.458 e. The summed E-state index contributed by atoms with van der Waals surface area (Å²) in [6.45, 7) is 7.03. The van der Waals surface area contributed by atoms with Crippen LogP contribution in [0.4, 0.5) is 0 Å². The van der Waals surface area contributed by atoms with E-state index in [0.717, 1.165) is 44.3 Å². The summed E-state index contributed by atoms with van der Waals surface area (Å²) < 4.78 is 12.9. The van der Waals surface area contributed by atoms with Crippen LogP contribution in [0.5, 0.6) is 0 Å². The van der Waals surface area contributed by atoms with Gasteiger partial charge in [0.25, 0.3) is 0 Å². The normalized spacial score (nSPS) is 54.9. The molecule has 5 heteroatoms. The lowest BCUT2D eigenvalue weighted by molar-refractivity contribution is -0.164. The number of esters is 1. The Kier molecular flexibility index (Phi) is 3.72. The van der Waals surface area contributed by atoms with Gasteiger partial charge < -0.3 is 9.47 Å². The number of ether oxygens (including phenoxy) is 2. The smallest absolute Gasteiger partial charge is 0.306 e. The van der Waals surface area contributed by atoms with E-state index in [0.29, 0.717) is 35.7 Å². The molecule has 0 aromatic rings. The van der Waals surface area contributed by atoms with Crippen LogP contribution in [0, 0.1) is 22.7 Å². The van der Waals surface area contributed by atoms with Crippen molar-refractivity contribution in [1.82, 2.24) is 0 Å². The molecule has 158 valence electrons. The Morgan fingerprint density at radius 3 is 2.72 bits per heavy atom. The van der Waals surface area contributed by atoms with Crippen LogP contribution in [0.1, 0.15) is 72.1 Å². The predicted octanol–water partition coefficient (Wildman–Crippen LogP) is 4.46. The van der Waals surface area contributed by atoms with Gasteiger partial charge in [-0.2, -0.15) is 11.8 Å². The third-order valence-electron chi connectivity index (χ3n) is 10.0. The number of rotatable bonds is 2. The highest BCUT2D eigenvalue weighted by Gasteiger charge is 2.82. The summed E-state index contributed by atoms with van der Waals surface area (Å²) in [5.41, 5.74) is 0.978. The Bertz CT molecular complexity index is 837. The van der Waals surface area contributed by atoms with Gasteiger partial charge in [-0.05, 0) is 56.3 Å². The fourth-order valence-corrected chi connectivity index (χ4v) is 9.94. The molecule has 6 aliphatic rings. The molecule has 0 aromatic carbocycles. The van der Waals surface area contributed by atoms with Gasteiger partial charge in [-0.25, -0.2) is 0 Å². The lowest BCUT2D eigenvalue weighted by Crippen LogP contribution is -2.63. The molecule has 0 bridgehead atoms. The van der Waals surface area contributed by atoms with Crippen LogP contribution >= 0.6 is 11.8 Å². The van der Waals surface area contributed by atoms with Gasteiger partial charge >= 0.3 is 5.97 Å². The number of carbonyl (C=O) groups is 2. The molecule has 8 atom stereocenters. The highest BCUT2D eigenvalue weighted by atomic mass is 32.2. The van der Waals surface area contributed by atoms with Crippen LogP contribution in [-0.4, -0.2) is 40.1 Å². The lowest BCUT2D eigenvalue weighted by Gasteiger charge is -2.59. The molecule has 3 saturated carbocycles. The summed E-state index contributed by atoms with van der Waals surface area (Å²) in [6, 6.07) is 0. The highest BCUT2D eigenvalue weighted by molar-refractivity contribution is 7.99. The second kappa shape index (κ2) is 5.70. The van der Waals surface area contributed by atoms with Gasteiger partial charge in [0.05, 0.1) is 6.10 Å². The molecule has 0 N–H and O–H groups in total. The summed E-state index contributed by atoms with van der Waals surface area (Å²) in [5, 5.41) is 0.493. The lowest BCUT2D eigenvalue weighted by atomic mass is 9.46. The molecule has 0 aromatic heterocycles. The molecule has 2 heterocycles. The molecule has 6 rings (SSSR count). The number of ketones is 1. The van der Waals surface area contributed by atoms with Crippen LogP contribution in [-0.2, 0) is 19.1 Å². The monoisotopic (exact) mass is 416 g/mol. The SMILES string of the molecule is CCS[C@@H]1CC2=CC(=O)CCC2(C)[C@@]23O[C@@H]2C[C@@]2(C)C(CC[C@@]24CCC(=O)O4)C13. The van der Waals surface area contributed by atoms with Gasteiger partial charge in [0.15, 0.2) is 5.78 Å². The molecular weight excluding hydrogens is 384 g/mol. The van der Waals surface area contributed by atoms with Crippen molar-refractivity contribution < 1.29 is 19.1 Å². The minimum absolute atomic E-state index is 0.00784. The Morgan fingerprint density at radius 2 is 2.00 bits per heavy atom. The Hall–Kier alpha value is -0.810. The molecule has 0 amide bonds. The zero-order valence-electron chi connectivity index (χ0n) is 17.8. The fourth-order valence-electron chi connectivity index (χ4n) is 8.62. The number of carbonyl (C=O) groups excluding carboxylic acids is 2. The van der Waals surface area contributed by atoms with Gasteiger partial charge in [0.1, 0.15) is 11.2 Å². The van der Waals surface area contributed by atoms with Gasteiger partial charge in [-0.15, -0.1) is 0 Å². The minimum Gasteiger partial charge on any atom is -0.458 e. The van der Waals surface area contributed by atoms with Crippen molar-refractivity contribution in [3.8, 4) is 0 Å². The maximum Gasteiger partial charge on any atom is 0.306 e. The molecule has 0 radical (unpaired) electrons. The molecule has 5 fully saturated rings. The first-order chi connectivity index (χ1) is 13.8. The summed E-state index contributed by atoms with van der Waals surface area (Å²) in [4.78, 5) is 24.4. The average molecular weight is 417 g/mol. The van der Waals surface area contributed by atoms with Gasteiger partial charge in [-0.1, -0.05) is 26.3 Å². The Morgan fingerprint density at radius 1 is 1.17 bits per heavy atom.